The minimum Gasteiger partial charge on any atom is -0.309 e. The van der Waals surface area contributed by atoms with E-state index in [9.17, 15) is 0 Å². The molecule has 0 fully saturated rings. The summed E-state index contributed by atoms with van der Waals surface area (Å²) in [6, 6.07) is 52.8. The zero-order valence-corrected chi connectivity index (χ0v) is 88.4. The van der Waals surface area contributed by atoms with Crippen LogP contribution in [0.4, 0.5) is 0 Å². The molecule has 0 bridgehead atoms. The van der Waals surface area contributed by atoms with Gasteiger partial charge >= 0.3 is 0 Å². The summed E-state index contributed by atoms with van der Waals surface area (Å²) in [6.45, 7) is 81.7. The number of benzene rings is 14. The second-order valence-corrected chi connectivity index (χ2v) is 50.4. The first-order valence-electron chi connectivity index (χ1n) is 58.2. The van der Waals surface area contributed by atoms with E-state index in [0.717, 1.165) is 110 Å². The Morgan fingerprint density at radius 2 is 0.434 bits per heavy atom. The van der Waals surface area contributed by atoms with Crippen LogP contribution in [-0.2, 0) is 65.0 Å². The fourth-order valence-corrected chi connectivity index (χ4v) is 19.5. The molecule has 0 amide bonds. The van der Waals surface area contributed by atoms with Crippen LogP contribution in [0, 0.1) is 6.92 Å². The van der Waals surface area contributed by atoms with Gasteiger partial charge in [0.25, 0.3) is 0 Å². The summed E-state index contributed by atoms with van der Waals surface area (Å²) in [7, 11) is 0. The van der Waals surface area contributed by atoms with Crippen LogP contribution >= 0.6 is 0 Å². The van der Waals surface area contributed by atoms with Crippen molar-refractivity contribution in [3.63, 3.8) is 0 Å². The number of hydrogen-bond acceptors (Lipinski definition) is 0. The van der Waals surface area contributed by atoms with E-state index < -0.39 is 29.6 Å². The second-order valence-electron chi connectivity index (χ2n) is 50.4. The Labute approximate surface area is 845 Å². The molecule has 0 radical (unpaired) electrons. The highest BCUT2D eigenvalue weighted by Crippen LogP contribution is 2.54. The summed E-state index contributed by atoms with van der Waals surface area (Å²) in [5.41, 5.74) is 26.2. The van der Waals surface area contributed by atoms with Crippen LogP contribution < -0.4 is 0 Å². The number of hydrogen-bond donors (Lipinski definition) is 0. The van der Waals surface area contributed by atoms with E-state index in [-0.39, 0.29) is 172 Å². The molecule has 3 aromatic heterocycles. The summed E-state index contributed by atoms with van der Waals surface area (Å²) in [5, 5.41) is 5.34. The first-order valence-corrected chi connectivity index (χ1v) is 48.7. The Bertz CT molecular complexity index is 8400. The third-order valence-corrected chi connectivity index (χ3v) is 27.0. The third kappa shape index (κ3) is 19.6. The van der Waals surface area contributed by atoms with Crippen molar-refractivity contribution in [1.29, 1.82) is 0 Å². The lowest BCUT2D eigenvalue weighted by Crippen LogP contribution is -2.22. The molecule has 0 aliphatic carbocycles. The van der Waals surface area contributed by atoms with Crippen molar-refractivity contribution in [2.24, 2.45) is 0 Å². The number of aromatic nitrogens is 3. The van der Waals surface area contributed by atoms with E-state index >= 15 is 0 Å². The molecular formula is C133H157N3. The zero-order valence-electron chi connectivity index (χ0n) is 107. The quantitative estimate of drug-likeness (QED) is 0.144. The molecule has 17 aromatic rings. The molecule has 0 aliphatic heterocycles. The van der Waals surface area contributed by atoms with E-state index in [0.29, 0.717) is 33.2 Å². The van der Waals surface area contributed by atoms with Crippen molar-refractivity contribution in [1.82, 2.24) is 13.7 Å². The largest absolute Gasteiger partial charge is 0.309 e. The van der Waals surface area contributed by atoms with Gasteiger partial charge in [-0.05, 0) is 267 Å². The number of rotatable bonds is 8. The molecule has 3 heterocycles. The third-order valence-electron chi connectivity index (χ3n) is 27.0. The summed E-state index contributed by atoms with van der Waals surface area (Å²) >= 11 is 0. The minimum atomic E-state index is -0.612. The van der Waals surface area contributed by atoms with E-state index in [2.05, 4.69) is 372 Å². The summed E-state index contributed by atoms with van der Waals surface area (Å²) in [5.74, 6) is 0. The highest BCUT2D eigenvalue weighted by atomic mass is 15.0. The fraction of sp³-hybridized carbons (Fsp3) is 0.368. The highest BCUT2D eigenvalue weighted by molar-refractivity contribution is 6.21. The van der Waals surface area contributed by atoms with Crippen LogP contribution in [-0.4, -0.2) is 13.7 Å². The first kappa shape index (κ1) is 76.5. The Kier molecular flexibility index (Phi) is 19.8. The van der Waals surface area contributed by atoms with Crippen molar-refractivity contribution in [2.75, 3.05) is 0 Å². The summed E-state index contributed by atoms with van der Waals surface area (Å²) in [6.07, 6.45) is 0. The number of nitrogens with zero attached hydrogens (tertiary/aromatic N) is 3. The monoisotopic (exact) mass is 1820 g/mol. The molecule has 0 saturated carbocycles. The van der Waals surface area contributed by atoms with Gasteiger partial charge in [0, 0.05) is 49.4 Å². The second kappa shape index (κ2) is 35.2. The van der Waals surface area contributed by atoms with Gasteiger partial charge in [-0.2, -0.15) is 0 Å². The lowest BCUT2D eigenvalue weighted by molar-refractivity contribution is 0.535. The lowest BCUT2D eigenvalue weighted by Gasteiger charge is -2.31. The average molecular weight is 1820 g/mol. The van der Waals surface area contributed by atoms with Crippen LogP contribution in [0.3, 0.4) is 0 Å². The van der Waals surface area contributed by atoms with E-state index in [1.54, 1.807) is 13.0 Å². The Hall–Kier alpha value is -11.5. The standard InChI is InChI=1S/C50H61N.C43H47N.C40H49N/c1-46(2,3)34-26-33(27-35(28-34)47(4,5)6)40-24-25-42-44(45(40)50(13,14)15)43-39(32-20-17-16-18-21-32)22-19-23-41(43)51(42)38-30-36(48(7,8)9)29-37(31-38)49(10,11)12;1-28-16-14-19-30(24-28)35-22-23-37-39(40(35)43(8,9)10)38-34(29-17-12-11-13-18-29)20-15-21-36(38)44(37)33-26-31(41(2,3)4)25-32(27-33)42(5,6)7;1-37(2,3)27-23-28(38(4,5)6)25-29(24-27)41-32-20-16-19-30(26-17-14-13-15-18-26)34(32)35-33(41)22-21-31(39(7,8)9)36(35)40(10,11)12/h16-31H,1-15H3;11-27H,1-10H3;13-25H,1-12H3/i16D,17D,18D,20D,21D;11D,12D,13D,14D,16D,17D,18D,19D,24D;13D,14D,15D,17D,18D. The normalized spacial score (nSPS) is 15.1. The van der Waals surface area contributed by atoms with Gasteiger partial charge in [0.1, 0.15) is 0 Å². The van der Waals surface area contributed by atoms with Crippen LogP contribution in [0.5, 0.6) is 0 Å². The van der Waals surface area contributed by atoms with Gasteiger partial charge in [-0.1, -0.05) is 461 Å². The molecular weight excluding hydrogens is 1640 g/mol. The van der Waals surface area contributed by atoms with Gasteiger partial charge in [-0.25, -0.2) is 0 Å². The molecule has 14 aromatic carbocycles. The highest BCUT2D eigenvalue weighted by Gasteiger charge is 2.37. The van der Waals surface area contributed by atoms with Crippen LogP contribution in [0.15, 0.2) is 279 Å². The van der Waals surface area contributed by atoms with Crippen molar-refractivity contribution in [3.05, 3.63) is 351 Å². The van der Waals surface area contributed by atoms with Crippen molar-refractivity contribution in [2.45, 2.75) is 321 Å². The Balaban J connectivity index is 0.000000174. The predicted molar refractivity (Wildman–Crippen MR) is 599 cm³/mol. The van der Waals surface area contributed by atoms with E-state index in [4.69, 9.17) is 26.0 Å². The van der Waals surface area contributed by atoms with Crippen LogP contribution in [0.2, 0.25) is 0 Å². The maximum Gasteiger partial charge on any atom is 0.0632 e. The van der Waals surface area contributed by atoms with Gasteiger partial charge in [0.2, 0.25) is 0 Å². The Morgan fingerprint density at radius 1 is 0.191 bits per heavy atom. The molecule has 17 rings (SSSR count). The zero-order chi connectivity index (χ0) is 116. The van der Waals surface area contributed by atoms with Gasteiger partial charge in [0.05, 0.1) is 59.1 Å². The van der Waals surface area contributed by atoms with Gasteiger partial charge in [0.15, 0.2) is 0 Å². The van der Waals surface area contributed by atoms with Gasteiger partial charge in [-0.3, -0.25) is 0 Å². The SMILES string of the molecule is [2H]c1c([2H])c([2H])c(-c2cccc3c2c2c(C(C)(C)C)c(-c4c([2H])c([2H])c([2H])c(C)c4[2H])ccc2n3-c2cc(C(C)(C)C)cc(C(C)(C)C)c2)c([2H])c1[2H].[2H]c1c([2H])c([2H])c(-c2cccc3c2c2c(C(C)(C)C)c(-c4cc(C(C)(C)C)cc(C(C)(C)C)c4)ccc2n3-c2cc(C(C)(C)C)cc(C(C)(C)C)c2)c([2H])c1[2H].[2H]c1c([2H])c([2H])c(-c2cccc3c2c2c(C(C)(C)C)c(C(C)(C)C)ccc2n3-c2cc(C(C)(C)C)cc(C(C)(C)C)c2)c([2H])c1[2H]. The van der Waals surface area contributed by atoms with Gasteiger partial charge < -0.3 is 13.7 Å². The molecule has 0 atom stereocenters. The molecule has 0 aliphatic rings. The maximum atomic E-state index is 9.16. The Morgan fingerprint density at radius 3 is 0.699 bits per heavy atom. The van der Waals surface area contributed by atoms with Crippen LogP contribution in [0.1, 0.15) is 348 Å². The summed E-state index contributed by atoms with van der Waals surface area (Å²) in [4.78, 5) is 0. The molecule has 0 unspecified atom stereocenters. The van der Waals surface area contributed by atoms with Crippen LogP contribution in [0.25, 0.3) is 138 Å². The molecule has 3 heteroatoms. The molecule has 704 valence electrons. The average Bonchev–Trinajstić information content (AvgIpc) is 1.55. The molecule has 136 heavy (non-hydrogen) atoms. The van der Waals surface area contributed by atoms with E-state index in [1.165, 1.54) is 44.5 Å². The topological polar surface area (TPSA) is 14.8 Å². The molecule has 0 saturated heterocycles. The van der Waals surface area contributed by atoms with Crippen molar-refractivity contribution >= 4 is 65.4 Å². The first-order chi connectivity index (χ1) is 70.9. The smallest absolute Gasteiger partial charge is 0.0632 e. The minimum absolute atomic E-state index is 0.0168. The van der Waals surface area contributed by atoms with Crippen molar-refractivity contribution in [3.8, 4) is 72.7 Å². The lowest BCUT2D eigenvalue weighted by atomic mass is 9.73. The molecule has 0 spiro atoms. The van der Waals surface area contributed by atoms with E-state index in [1.807, 2.05) is 48.5 Å². The maximum absolute atomic E-state index is 9.16. The number of fused-ring (bicyclic) bond motifs is 9. The van der Waals surface area contributed by atoms with Gasteiger partial charge in [-0.15, -0.1) is 0 Å². The fourth-order valence-electron chi connectivity index (χ4n) is 19.5. The molecule has 0 N–H and O–H groups in total. The predicted octanol–water partition coefficient (Wildman–Crippen LogP) is 38.6. The summed E-state index contributed by atoms with van der Waals surface area (Å²) < 4.78 is 173. The van der Waals surface area contributed by atoms with Crippen molar-refractivity contribution < 1.29 is 26.0 Å². The molecule has 3 nitrogen and oxygen atoms in total.